The molecule has 3 N–H and O–H groups in total. The van der Waals surface area contributed by atoms with Crippen LogP contribution >= 0.6 is 0 Å². The van der Waals surface area contributed by atoms with Gasteiger partial charge in [0.15, 0.2) is 0 Å². The van der Waals surface area contributed by atoms with Gasteiger partial charge in [0.05, 0.1) is 42.3 Å². The molecular weight excluding hydrogens is 800 g/mol. The lowest BCUT2D eigenvalue weighted by Crippen LogP contribution is -2.55. The zero-order chi connectivity index (χ0) is 43.7. The monoisotopic (exact) mass is 855 g/mol. The number of nitrogens with zero attached hydrogens (tertiary/aromatic N) is 4. The lowest BCUT2D eigenvalue weighted by molar-refractivity contribution is -0.140. The average molecular weight is 856 g/mol. The number of hydrogen-bond acceptors (Lipinski definition) is 9. The van der Waals surface area contributed by atoms with E-state index < -0.39 is 24.3 Å². The molecule has 2 bridgehead atoms. The summed E-state index contributed by atoms with van der Waals surface area (Å²) in [4.78, 5) is 57.3. The van der Waals surface area contributed by atoms with Crippen molar-refractivity contribution < 1.29 is 37.1 Å². The second-order valence-electron chi connectivity index (χ2n) is 18.9. The van der Waals surface area contributed by atoms with E-state index in [-0.39, 0.29) is 47.5 Å². The van der Waals surface area contributed by atoms with Crippen molar-refractivity contribution in [2.75, 3.05) is 66.9 Å². The molecule has 4 heterocycles. The highest BCUT2D eigenvalue weighted by atomic mass is 19.3. The highest BCUT2D eigenvalue weighted by Crippen LogP contribution is 2.51. The van der Waals surface area contributed by atoms with Crippen molar-refractivity contribution in [1.29, 1.82) is 0 Å². The van der Waals surface area contributed by atoms with Gasteiger partial charge in [-0.05, 0) is 143 Å². The van der Waals surface area contributed by atoms with Crippen LogP contribution in [0, 0.1) is 23.1 Å². The second-order valence-corrected chi connectivity index (χ2v) is 18.9. The maximum absolute atomic E-state index is 15.5. The van der Waals surface area contributed by atoms with Crippen molar-refractivity contribution in [3.8, 4) is 5.75 Å². The Morgan fingerprint density at radius 2 is 1.73 bits per heavy atom. The SMILES string of the molecule is COc1cc(C(=O)NC2CC3(CCN(C[C@H]4C[C@@H]5C[C@H]4CN5c4ccc(C5CCC(=O)NC5=O)cc4F)CC3)C2)ccc1Nc1ccc2c(c1)N(C(C)C)CC(F)(F)C(=O)N2C. The fourth-order valence-electron chi connectivity index (χ4n) is 11.3. The number of rotatable bonds is 10. The zero-order valence-electron chi connectivity index (χ0n) is 35.8. The molecule has 4 atom stereocenters. The molecule has 6 aliphatic rings. The van der Waals surface area contributed by atoms with Gasteiger partial charge in [-0.1, -0.05) is 6.07 Å². The van der Waals surface area contributed by atoms with Gasteiger partial charge in [-0.3, -0.25) is 24.5 Å². The number of nitrogens with one attached hydrogen (secondary N) is 3. The molecule has 0 aromatic heterocycles. The molecule has 2 saturated carbocycles. The van der Waals surface area contributed by atoms with E-state index in [0.29, 0.717) is 69.6 Å². The topological polar surface area (TPSA) is 127 Å². The van der Waals surface area contributed by atoms with E-state index in [1.54, 1.807) is 36.4 Å². The largest absolute Gasteiger partial charge is 0.495 e. The number of carbonyl (C=O) groups is 4. The van der Waals surface area contributed by atoms with Crippen LogP contribution in [0.2, 0.25) is 0 Å². The fourth-order valence-corrected chi connectivity index (χ4v) is 11.3. The molecule has 3 aromatic rings. The first-order valence-corrected chi connectivity index (χ1v) is 22.0. The van der Waals surface area contributed by atoms with Crippen LogP contribution in [0.25, 0.3) is 0 Å². The number of methoxy groups -OCH3 is 1. The van der Waals surface area contributed by atoms with Crippen LogP contribution in [0.4, 0.5) is 41.6 Å². The summed E-state index contributed by atoms with van der Waals surface area (Å²) in [6, 6.07) is 15.6. The number of imide groups is 1. The summed E-state index contributed by atoms with van der Waals surface area (Å²) in [6.07, 6.45) is 6.92. The molecule has 330 valence electrons. The quantitative estimate of drug-likeness (QED) is 0.189. The summed E-state index contributed by atoms with van der Waals surface area (Å²) >= 11 is 0. The molecule has 4 aliphatic heterocycles. The van der Waals surface area contributed by atoms with E-state index in [0.717, 1.165) is 69.6 Å². The summed E-state index contributed by atoms with van der Waals surface area (Å²) < 4.78 is 50.8. The van der Waals surface area contributed by atoms with Crippen molar-refractivity contribution in [2.45, 2.75) is 95.2 Å². The number of anilines is 5. The Balaban J connectivity index is 0.745. The van der Waals surface area contributed by atoms with Gasteiger partial charge < -0.3 is 35.0 Å². The minimum absolute atomic E-state index is 0.105. The Kier molecular flexibility index (Phi) is 10.9. The molecule has 0 radical (unpaired) electrons. The number of amides is 4. The third-order valence-electron chi connectivity index (χ3n) is 14.7. The minimum Gasteiger partial charge on any atom is -0.495 e. The van der Waals surface area contributed by atoms with Gasteiger partial charge in [-0.25, -0.2) is 4.39 Å². The van der Waals surface area contributed by atoms with Crippen LogP contribution in [-0.4, -0.2) is 99.5 Å². The van der Waals surface area contributed by atoms with Gasteiger partial charge in [0.1, 0.15) is 11.6 Å². The van der Waals surface area contributed by atoms with E-state index in [9.17, 15) is 28.0 Å². The Labute approximate surface area is 360 Å². The molecular formula is C47H56F3N7O5. The van der Waals surface area contributed by atoms with Crippen molar-refractivity contribution in [3.05, 3.63) is 71.5 Å². The summed E-state index contributed by atoms with van der Waals surface area (Å²) in [6.45, 7) is 6.90. The van der Waals surface area contributed by atoms with E-state index in [2.05, 4.69) is 25.8 Å². The van der Waals surface area contributed by atoms with Crippen molar-refractivity contribution in [1.82, 2.24) is 15.5 Å². The summed E-state index contributed by atoms with van der Waals surface area (Å²) in [5, 5.41) is 8.92. The lowest BCUT2D eigenvalue weighted by Gasteiger charge is -2.52. The Hall–Kier alpha value is -5.31. The normalized spacial score (nSPS) is 25.7. The van der Waals surface area contributed by atoms with Gasteiger partial charge in [-0.2, -0.15) is 8.78 Å². The number of ether oxygens (including phenoxy) is 1. The van der Waals surface area contributed by atoms with Gasteiger partial charge in [0, 0.05) is 55.9 Å². The predicted molar refractivity (Wildman–Crippen MR) is 231 cm³/mol. The molecule has 4 amide bonds. The third kappa shape index (κ3) is 7.85. The second kappa shape index (κ2) is 16.1. The van der Waals surface area contributed by atoms with Crippen LogP contribution in [0.3, 0.4) is 0 Å². The average Bonchev–Trinajstić information content (AvgIpc) is 3.81. The third-order valence-corrected chi connectivity index (χ3v) is 14.7. The zero-order valence-corrected chi connectivity index (χ0v) is 35.8. The van der Waals surface area contributed by atoms with Crippen LogP contribution in [0.5, 0.6) is 5.75 Å². The van der Waals surface area contributed by atoms with E-state index in [1.165, 1.54) is 25.1 Å². The number of hydrogen-bond donors (Lipinski definition) is 3. The number of piperidine rings is 3. The summed E-state index contributed by atoms with van der Waals surface area (Å²) in [5.41, 5.74) is 4.09. The first-order valence-electron chi connectivity index (χ1n) is 22.0. The highest BCUT2D eigenvalue weighted by molar-refractivity contribution is 6.03. The predicted octanol–water partition coefficient (Wildman–Crippen LogP) is 6.81. The Morgan fingerprint density at radius 1 is 0.968 bits per heavy atom. The van der Waals surface area contributed by atoms with Gasteiger partial charge >= 0.3 is 5.92 Å². The molecule has 9 rings (SSSR count). The van der Waals surface area contributed by atoms with E-state index in [4.69, 9.17) is 4.74 Å². The van der Waals surface area contributed by atoms with Crippen molar-refractivity contribution in [2.24, 2.45) is 17.3 Å². The molecule has 2 aliphatic carbocycles. The maximum Gasteiger partial charge on any atom is 0.342 e. The minimum atomic E-state index is -3.53. The van der Waals surface area contributed by atoms with E-state index in [1.807, 2.05) is 26.0 Å². The maximum atomic E-state index is 15.5. The first-order chi connectivity index (χ1) is 29.6. The number of benzene rings is 3. The van der Waals surface area contributed by atoms with E-state index >= 15 is 4.39 Å². The molecule has 1 spiro atoms. The van der Waals surface area contributed by atoms with Gasteiger partial charge in [-0.15, -0.1) is 0 Å². The number of carbonyl (C=O) groups excluding carboxylic acids is 4. The summed E-state index contributed by atoms with van der Waals surface area (Å²) in [5.74, 6) is -4.79. The molecule has 15 heteroatoms. The molecule has 5 fully saturated rings. The molecule has 1 unspecified atom stereocenters. The van der Waals surface area contributed by atoms with Gasteiger partial charge in [0.25, 0.3) is 11.8 Å². The molecule has 3 aromatic carbocycles. The van der Waals surface area contributed by atoms with Crippen molar-refractivity contribution in [3.63, 3.8) is 0 Å². The van der Waals surface area contributed by atoms with Gasteiger partial charge in [0.2, 0.25) is 11.8 Å². The number of alkyl halides is 2. The molecule has 3 saturated heterocycles. The lowest BCUT2D eigenvalue weighted by atomic mass is 9.60. The Bertz CT molecular complexity index is 2270. The highest BCUT2D eigenvalue weighted by Gasteiger charge is 2.50. The number of likely N-dealkylation sites (tertiary alicyclic amines) is 1. The standard InChI is InChI=1S/C47H56F3N7O5/c1-27(2)57-26-47(49,50)45(61)54(3)39-11-7-32(21-40(39)57)51-37-9-5-29(20-41(37)62-4)43(59)52-33-22-46(23-33)13-15-55(16-14-46)24-30-17-34-18-31(30)25-56(34)38-10-6-28(19-36(38)48)35-8-12-42(58)53-44(35)60/h5-7,9-11,19-21,27,30-31,33-35,51H,8,12-18,22-26H2,1-4H3,(H,52,59)(H,53,58,60)/t30-,31+,34-,35?/m1/s1. The number of halogens is 3. The number of fused-ring (bicyclic) bond motifs is 3. The molecule has 12 nitrogen and oxygen atoms in total. The van der Waals surface area contributed by atoms with Crippen molar-refractivity contribution >= 4 is 52.1 Å². The summed E-state index contributed by atoms with van der Waals surface area (Å²) in [7, 11) is 2.90. The van der Waals surface area contributed by atoms with Crippen LogP contribution in [0.1, 0.15) is 87.1 Å². The molecule has 62 heavy (non-hydrogen) atoms. The smallest absolute Gasteiger partial charge is 0.342 e. The van der Waals surface area contributed by atoms with Crippen LogP contribution < -0.4 is 35.4 Å². The Morgan fingerprint density at radius 3 is 2.40 bits per heavy atom. The first kappa shape index (κ1) is 42.0. The fraction of sp³-hybridized carbons (Fsp3) is 0.532. The van der Waals surface area contributed by atoms with Crippen LogP contribution in [0.15, 0.2) is 54.6 Å². The van der Waals surface area contributed by atoms with Crippen LogP contribution in [-0.2, 0) is 14.4 Å².